The lowest BCUT2D eigenvalue weighted by molar-refractivity contribution is -0.143. The number of aliphatic carboxylic acids is 1. The Hall–Kier alpha value is -1.35. The lowest BCUT2D eigenvalue weighted by atomic mass is 10.0. The fourth-order valence-corrected chi connectivity index (χ4v) is 2.03. The van der Waals surface area contributed by atoms with Gasteiger partial charge in [0.2, 0.25) is 0 Å². The minimum Gasteiger partial charge on any atom is -0.480 e. The van der Waals surface area contributed by atoms with Crippen LogP contribution in [0.4, 0.5) is 0 Å². The largest absolute Gasteiger partial charge is 0.480 e. The molecule has 17 heavy (non-hydrogen) atoms. The highest BCUT2D eigenvalue weighted by atomic mass is 16.4. The third-order valence-corrected chi connectivity index (χ3v) is 3.12. The standard InChI is InChI=1S/C14H21NO2/c1-4-11-7-9-12(10-8-11)13(14(16)17)15(5-2)6-3/h7-10,13H,4-6H2,1-3H3,(H,16,17). The van der Waals surface area contributed by atoms with E-state index in [2.05, 4.69) is 6.92 Å². The molecule has 0 heterocycles. The van der Waals surface area contributed by atoms with Gasteiger partial charge in [0.15, 0.2) is 0 Å². The average molecular weight is 235 g/mol. The molecule has 0 radical (unpaired) electrons. The topological polar surface area (TPSA) is 40.5 Å². The summed E-state index contributed by atoms with van der Waals surface area (Å²) in [5.41, 5.74) is 2.09. The maximum atomic E-state index is 11.4. The summed E-state index contributed by atoms with van der Waals surface area (Å²) in [6.45, 7) is 7.54. The number of carboxylic acid groups (broad SMARTS) is 1. The van der Waals surface area contributed by atoms with E-state index < -0.39 is 12.0 Å². The van der Waals surface area contributed by atoms with Crippen LogP contribution in [0.3, 0.4) is 0 Å². The van der Waals surface area contributed by atoms with Gasteiger partial charge in [-0.1, -0.05) is 45.0 Å². The van der Waals surface area contributed by atoms with Crippen molar-refractivity contribution in [2.75, 3.05) is 13.1 Å². The molecule has 0 aromatic heterocycles. The molecule has 3 nitrogen and oxygen atoms in total. The van der Waals surface area contributed by atoms with Gasteiger partial charge in [0.25, 0.3) is 0 Å². The number of rotatable bonds is 6. The van der Waals surface area contributed by atoms with Crippen molar-refractivity contribution < 1.29 is 9.90 Å². The summed E-state index contributed by atoms with van der Waals surface area (Å²) in [5.74, 6) is -0.780. The normalized spacial score (nSPS) is 12.7. The quantitative estimate of drug-likeness (QED) is 0.824. The molecule has 0 spiro atoms. The molecule has 1 rings (SSSR count). The Balaban J connectivity index is 3.00. The van der Waals surface area contributed by atoms with E-state index in [4.69, 9.17) is 0 Å². The first-order valence-electron chi connectivity index (χ1n) is 6.19. The van der Waals surface area contributed by atoms with Gasteiger partial charge in [0, 0.05) is 0 Å². The summed E-state index contributed by atoms with van der Waals surface area (Å²) in [7, 11) is 0. The first-order chi connectivity index (χ1) is 8.13. The zero-order valence-corrected chi connectivity index (χ0v) is 10.8. The summed E-state index contributed by atoms with van der Waals surface area (Å²) >= 11 is 0. The van der Waals surface area contributed by atoms with Gasteiger partial charge in [-0.3, -0.25) is 9.69 Å². The van der Waals surface area contributed by atoms with Gasteiger partial charge in [-0.15, -0.1) is 0 Å². The average Bonchev–Trinajstić information content (AvgIpc) is 2.35. The van der Waals surface area contributed by atoms with Gasteiger partial charge in [-0.05, 0) is 30.6 Å². The van der Waals surface area contributed by atoms with Crippen LogP contribution in [0.1, 0.15) is 37.9 Å². The number of carboxylic acids is 1. The lowest BCUT2D eigenvalue weighted by Crippen LogP contribution is -2.33. The molecule has 3 heteroatoms. The number of benzene rings is 1. The number of carbonyl (C=O) groups is 1. The monoisotopic (exact) mass is 235 g/mol. The summed E-state index contributed by atoms with van der Waals surface area (Å²) < 4.78 is 0. The zero-order chi connectivity index (χ0) is 12.8. The van der Waals surface area contributed by atoms with Crippen LogP contribution in [0.2, 0.25) is 0 Å². The highest BCUT2D eigenvalue weighted by molar-refractivity contribution is 5.75. The molecule has 0 aliphatic rings. The van der Waals surface area contributed by atoms with Crippen LogP contribution in [0.5, 0.6) is 0 Å². The fraction of sp³-hybridized carbons (Fsp3) is 0.500. The van der Waals surface area contributed by atoms with Crippen LogP contribution in [-0.4, -0.2) is 29.1 Å². The first-order valence-corrected chi connectivity index (χ1v) is 6.19. The SMILES string of the molecule is CCc1ccc(C(C(=O)O)N(CC)CC)cc1. The molecule has 0 aliphatic heterocycles. The second-order valence-electron chi connectivity index (χ2n) is 4.06. The minimum atomic E-state index is -0.780. The molecule has 1 aromatic rings. The lowest BCUT2D eigenvalue weighted by Gasteiger charge is -2.26. The van der Waals surface area contributed by atoms with Crippen LogP contribution >= 0.6 is 0 Å². The van der Waals surface area contributed by atoms with Crippen molar-refractivity contribution in [3.05, 3.63) is 35.4 Å². The van der Waals surface area contributed by atoms with Gasteiger partial charge in [-0.25, -0.2) is 0 Å². The molecule has 0 bridgehead atoms. The molecule has 0 aliphatic carbocycles. The first kappa shape index (κ1) is 13.7. The summed E-state index contributed by atoms with van der Waals surface area (Å²) in [4.78, 5) is 13.3. The number of nitrogens with zero attached hydrogens (tertiary/aromatic N) is 1. The molecule has 0 saturated carbocycles. The highest BCUT2D eigenvalue weighted by Gasteiger charge is 2.24. The van der Waals surface area contributed by atoms with Gasteiger partial charge in [-0.2, -0.15) is 0 Å². The molecule has 1 aromatic carbocycles. The molecular formula is C14H21NO2. The van der Waals surface area contributed by atoms with E-state index in [1.807, 2.05) is 43.0 Å². The van der Waals surface area contributed by atoms with Crippen molar-refractivity contribution in [2.24, 2.45) is 0 Å². The number of hydrogen-bond acceptors (Lipinski definition) is 2. The van der Waals surface area contributed by atoms with Gasteiger partial charge >= 0.3 is 5.97 Å². The molecule has 1 unspecified atom stereocenters. The fourth-order valence-electron chi connectivity index (χ4n) is 2.03. The molecule has 0 fully saturated rings. The minimum absolute atomic E-state index is 0.532. The van der Waals surface area contributed by atoms with Crippen molar-refractivity contribution in [3.63, 3.8) is 0 Å². The van der Waals surface area contributed by atoms with Gasteiger partial charge in [0.1, 0.15) is 6.04 Å². The predicted octanol–water partition coefficient (Wildman–Crippen LogP) is 2.72. The van der Waals surface area contributed by atoms with Gasteiger partial charge < -0.3 is 5.11 Å². The van der Waals surface area contributed by atoms with Gasteiger partial charge in [0.05, 0.1) is 0 Å². The van der Waals surface area contributed by atoms with E-state index in [9.17, 15) is 9.90 Å². The van der Waals surface area contributed by atoms with Crippen molar-refractivity contribution >= 4 is 5.97 Å². The Bertz CT molecular complexity index is 355. The van der Waals surface area contributed by atoms with Crippen molar-refractivity contribution in [2.45, 2.75) is 33.2 Å². The van der Waals surface area contributed by atoms with E-state index in [0.717, 1.165) is 25.1 Å². The second-order valence-corrected chi connectivity index (χ2v) is 4.06. The van der Waals surface area contributed by atoms with Crippen molar-refractivity contribution in [3.8, 4) is 0 Å². The summed E-state index contributed by atoms with van der Waals surface area (Å²) in [6, 6.07) is 7.34. The summed E-state index contributed by atoms with van der Waals surface area (Å²) in [6.07, 6.45) is 0.975. The molecule has 1 N–H and O–H groups in total. The smallest absolute Gasteiger partial charge is 0.325 e. The van der Waals surface area contributed by atoms with Crippen LogP contribution in [0, 0.1) is 0 Å². The van der Waals surface area contributed by atoms with E-state index in [0.29, 0.717) is 0 Å². The Morgan fingerprint density at radius 3 is 2.06 bits per heavy atom. The van der Waals surface area contributed by atoms with Crippen LogP contribution < -0.4 is 0 Å². The summed E-state index contributed by atoms with van der Waals surface area (Å²) in [5, 5.41) is 9.34. The predicted molar refractivity (Wildman–Crippen MR) is 69.1 cm³/mol. The molecule has 1 atom stereocenters. The van der Waals surface area contributed by atoms with Crippen LogP contribution in [0.15, 0.2) is 24.3 Å². The molecule has 94 valence electrons. The Morgan fingerprint density at radius 1 is 1.18 bits per heavy atom. The van der Waals surface area contributed by atoms with E-state index >= 15 is 0 Å². The number of hydrogen-bond donors (Lipinski definition) is 1. The second kappa shape index (κ2) is 6.40. The molecule has 0 saturated heterocycles. The Morgan fingerprint density at radius 2 is 1.71 bits per heavy atom. The highest BCUT2D eigenvalue weighted by Crippen LogP contribution is 2.21. The third-order valence-electron chi connectivity index (χ3n) is 3.12. The van der Waals surface area contributed by atoms with Crippen LogP contribution in [-0.2, 0) is 11.2 Å². The van der Waals surface area contributed by atoms with Crippen molar-refractivity contribution in [1.82, 2.24) is 4.90 Å². The zero-order valence-electron chi connectivity index (χ0n) is 10.8. The van der Waals surface area contributed by atoms with E-state index in [1.54, 1.807) is 0 Å². The maximum Gasteiger partial charge on any atom is 0.325 e. The van der Waals surface area contributed by atoms with E-state index in [1.165, 1.54) is 5.56 Å². The van der Waals surface area contributed by atoms with Crippen LogP contribution in [0.25, 0.3) is 0 Å². The number of aryl methyl sites for hydroxylation is 1. The number of likely N-dealkylation sites (N-methyl/N-ethyl adjacent to an activating group) is 1. The van der Waals surface area contributed by atoms with Crippen molar-refractivity contribution in [1.29, 1.82) is 0 Å². The molecular weight excluding hydrogens is 214 g/mol. The third kappa shape index (κ3) is 3.30. The maximum absolute atomic E-state index is 11.4. The Kier molecular flexibility index (Phi) is 5.16. The Labute approximate surface area is 103 Å². The van der Waals surface area contributed by atoms with E-state index in [-0.39, 0.29) is 0 Å². The molecule has 0 amide bonds.